The Balaban J connectivity index is 2.42. The number of aliphatic hydroxyl groups excluding tert-OH is 1. The van der Waals surface area contributed by atoms with Gasteiger partial charge in [-0.05, 0) is 12.3 Å². The van der Waals surface area contributed by atoms with Crippen molar-refractivity contribution >= 4 is 0 Å². The molecule has 0 aromatic carbocycles. The molecule has 1 aromatic rings. The van der Waals surface area contributed by atoms with E-state index in [1.165, 1.54) is 0 Å². The molecule has 1 unspecified atom stereocenters. The molecule has 0 aliphatic rings. The third-order valence-electron chi connectivity index (χ3n) is 2.19. The molecule has 0 fully saturated rings. The minimum atomic E-state index is -0.719. The minimum Gasteiger partial charge on any atom is -0.392 e. The highest BCUT2D eigenvalue weighted by Crippen LogP contribution is 2.08. The van der Waals surface area contributed by atoms with Gasteiger partial charge in [-0.15, -0.1) is 0 Å². The van der Waals surface area contributed by atoms with Gasteiger partial charge in [-0.2, -0.15) is 10.2 Å². The van der Waals surface area contributed by atoms with Crippen LogP contribution in [0.1, 0.15) is 38.4 Å². The SMILES string of the molecule is CC(C)CCc1noc(CC(O)CC#N)n1. The Kier molecular flexibility index (Phi) is 4.93. The first kappa shape index (κ1) is 12.7. The van der Waals surface area contributed by atoms with Crippen LogP contribution in [0.15, 0.2) is 4.52 Å². The molecule has 1 rings (SSSR count). The highest BCUT2D eigenvalue weighted by molar-refractivity contribution is 4.90. The molecule has 5 heteroatoms. The molecule has 0 saturated carbocycles. The normalized spacial score (nSPS) is 12.7. The van der Waals surface area contributed by atoms with Crippen molar-refractivity contribution in [3.8, 4) is 6.07 Å². The number of hydrogen-bond donors (Lipinski definition) is 1. The molecule has 0 aliphatic heterocycles. The van der Waals surface area contributed by atoms with E-state index >= 15 is 0 Å². The van der Waals surface area contributed by atoms with Crippen LogP contribution < -0.4 is 0 Å². The molecule has 1 heterocycles. The lowest BCUT2D eigenvalue weighted by Crippen LogP contribution is -2.09. The molecule has 0 radical (unpaired) electrons. The molecule has 0 aliphatic carbocycles. The number of hydrogen-bond acceptors (Lipinski definition) is 5. The van der Waals surface area contributed by atoms with Gasteiger partial charge in [0.15, 0.2) is 5.82 Å². The Labute approximate surface area is 95.1 Å². The zero-order valence-electron chi connectivity index (χ0n) is 9.68. The molecule has 0 saturated heterocycles. The quantitative estimate of drug-likeness (QED) is 0.789. The lowest BCUT2D eigenvalue weighted by atomic mass is 10.1. The van der Waals surface area contributed by atoms with Crippen LogP contribution in [0.4, 0.5) is 0 Å². The Hall–Kier alpha value is -1.41. The van der Waals surface area contributed by atoms with Crippen LogP contribution in [0.3, 0.4) is 0 Å². The summed E-state index contributed by atoms with van der Waals surface area (Å²) in [6.45, 7) is 4.27. The van der Waals surface area contributed by atoms with Gasteiger partial charge in [0, 0.05) is 6.42 Å². The van der Waals surface area contributed by atoms with E-state index in [1.807, 2.05) is 6.07 Å². The van der Waals surface area contributed by atoms with E-state index in [9.17, 15) is 5.11 Å². The first-order valence-corrected chi connectivity index (χ1v) is 5.48. The van der Waals surface area contributed by atoms with Gasteiger partial charge in [0.05, 0.1) is 25.0 Å². The summed E-state index contributed by atoms with van der Waals surface area (Å²) in [6.07, 6.45) is 1.42. The van der Waals surface area contributed by atoms with Crippen LogP contribution in [-0.2, 0) is 12.8 Å². The summed E-state index contributed by atoms with van der Waals surface area (Å²) in [7, 11) is 0. The maximum atomic E-state index is 9.38. The van der Waals surface area contributed by atoms with Crippen molar-refractivity contribution in [1.82, 2.24) is 10.1 Å². The molecule has 1 N–H and O–H groups in total. The van der Waals surface area contributed by atoms with Crippen LogP contribution >= 0.6 is 0 Å². The Morgan fingerprint density at radius 3 is 2.88 bits per heavy atom. The summed E-state index contributed by atoms with van der Waals surface area (Å²) in [5, 5.41) is 21.6. The summed E-state index contributed by atoms with van der Waals surface area (Å²) in [5.41, 5.74) is 0. The largest absolute Gasteiger partial charge is 0.392 e. The molecule has 0 spiro atoms. The molecule has 88 valence electrons. The van der Waals surface area contributed by atoms with Gasteiger partial charge in [-0.25, -0.2) is 0 Å². The minimum absolute atomic E-state index is 0.0870. The van der Waals surface area contributed by atoms with Crippen molar-refractivity contribution < 1.29 is 9.63 Å². The average Bonchev–Trinajstić information content (AvgIpc) is 2.63. The maximum Gasteiger partial charge on any atom is 0.229 e. The Morgan fingerprint density at radius 1 is 1.50 bits per heavy atom. The second-order valence-corrected chi connectivity index (χ2v) is 4.26. The van der Waals surface area contributed by atoms with E-state index in [4.69, 9.17) is 9.78 Å². The second kappa shape index (κ2) is 6.23. The fourth-order valence-corrected chi connectivity index (χ4v) is 1.27. The van der Waals surface area contributed by atoms with Crippen molar-refractivity contribution in [1.29, 1.82) is 5.26 Å². The van der Waals surface area contributed by atoms with Crippen LogP contribution in [-0.4, -0.2) is 21.4 Å². The van der Waals surface area contributed by atoms with Gasteiger partial charge in [-0.3, -0.25) is 0 Å². The van der Waals surface area contributed by atoms with Gasteiger partial charge >= 0.3 is 0 Å². The van der Waals surface area contributed by atoms with E-state index < -0.39 is 6.10 Å². The Bertz CT molecular complexity index is 354. The number of aromatic nitrogens is 2. The van der Waals surface area contributed by atoms with Crippen molar-refractivity contribution in [3.05, 3.63) is 11.7 Å². The number of nitrogens with zero attached hydrogens (tertiary/aromatic N) is 3. The first-order chi connectivity index (χ1) is 7.61. The summed E-state index contributed by atoms with van der Waals surface area (Å²) in [5.74, 6) is 1.68. The van der Waals surface area contributed by atoms with Gasteiger partial charge in [-0.1, -0.05) is 19.0 Å². The highest BCUT2D eigenvalue weighted by Gasteiger charge is 2.12. The summed E-state index contributed by atoms with van der Waals surface area (Å²) in [6, 6.07) is 1.89. The molecule has 0 amide bonds. The summed E-state index contributed by atoms with van der Waals surface area (Å²) >= 11 is 0. The van der Waals surface area contributed by atoms with Crippen LogP contribution in [0.5, 0.6) is 0 Å². The van der Waals surface area contributed by atoms with Crippen molar-refractivity contribution in [2.75, 3.05) is 0 Å². The van der Waals surface area contributed by atoms with Crippen LogP contribution in [0.25, 0.3) is 0 Å². The number of rotatable bonds is 6. The third-order valence-corrected chi connectivity index (χ3v) is 2.19. The lowest BCUT2D eigenvalue weighted by molar-refractivity contribution is 0.167. The predicted molar refractivity (Wildman–Crippen MR) is 57.4 cm³/mol. The fraction of sp³-hybridized carbons (Fsp3) is 0.727. The average molecular weight is 223 g/mol. The zero-order chi connectivity index (χ0) is 12.0. The van der Waals surface area contributed by atoms with Gasteiger partial charge in [0.2, 0.25) is 5.89 Å². The van der Waals surface area contributed by atoms with Crippen LogP contribution in [0.2, 0.25) is 0 Å². The lowest BCUT2D eigenvalue weighted by Gasteiger charge is -2.00. The van der Waals surface area contributed by atoms with Crippen molar-refractivity contribution in [2.45, 2.75) is 45.6 Å². The first-order valence-electron chi connectivity index (χ1n) is 5.48. The molecule has 1 aromatic heterocycles. The van der Waals surface area contributed by atoms with E-state index in [1.54, 1.807) is 0 Å². The molecular formula is C11H17N3O2. The standard InChI is InChI=1S/C11H17N3O2/c1-8(2)3-4-10-13-11(16-14-10)7-9(15)5-6-12/h8-9,15H,3-5,7H2,1-2H3. The summed E-state index contributed by atoms with van der Waals surface area (Å²) < 4.78 is 4.98. The van der Waals surface area contributed by atoms with E-state index in [0.717, 1.165) is 12.8 Å². The molecule has 0 bridgehead atoms. The van der Waals surface area contributed by atoms with E-state index in [0.29, 0.717) is 17.6 Å². The van der Waals surface area contributed by atoms with Gasteiger partial charge < -0.3 is 9.63 Å². The van der Waals surface area contributed by atoms with Crippen molar-refractivity contribution in [2.24, 2.45) is 5.92 Å². The molecule has 1 atom stereocenters. The summed E-state index contributed by atoms with van der Waals surface area (Å²) in [4.78, 5) is 4.16. The number of nitriles is 1. The Morgan fingerprint density at radius 2 is 2.25 bits per heavy atom. The fourth-order valence-electron chi connectivity index (χ4n) is 1.27. The topological polar surface area (TPSA) is 82.9 Å². The van der Waals surface area contributed by atoms with Gasteiger partial charge in [0.25, 0.3) is 0 Å². The van der Waals surface area contributed by atoms with Crippen molar-refractivity contribution in [3.63, 3.8) is 0 Å². The van der Waals surface area contributed by atoms with Gasteiger partial charge in [0.1, 0.15) is 0 Å². The number of aryl methyl sites for hydroxylation is 1. The zero-order valence-corrected chi connectivity index (χ0v) is 9.68. The maximum absolute atomic E-state index is 9.38. The van der Waals surface area contributed by atoms with E-state index in [2.05, 4.69) is 24.0 Å². The highest BCUT2D eigenvalue weighted by atomic mass is 16.5. The van der Waals surface area contributed by atoms with E-state index in [-0.39, 0.29) is 12.8 Å². The molecular weight excluding hydrogens is 206 g/mol. The number of aliphatic hydroxyl groups is 1. The van der Waals surface area contributed by atoms with Crippen LogP contribution in [0, 0.1) is 17.2 Å². The second-order valence-electron chi connectivity index (χ2n) is 4.26. The molecule has 5 nitrogen and oxygen atoms in total. The molecule has 16 heavy (non-hydrogen) atoms. The monoisotopic (exact) mass is 223 g/mol. The smallest absolute Gasteiger partial charge is 0.229 e. The third kappa shape index (κ3) is 4.41. The predicted octanol–water partition coefficient (Wildman–Crippen LogP) is 1.48.